The third-order valence-corrected chi connectivity index (χ3v) is 4.93. The second kappa shape index (κ2) is 7.14. The molecule has 0 aliphatic heterocycles. The summed E-state index contributed by atoms with van der Waals surface area (Å²) in [6, 6.07) is 7.91. The second-order valence-corrected chi connectivity index (χ2v) is 6.26. The van der Waals surface area contributed by atoms with Gasteiger partial charge in [0.2, 0.25) is 5.91 Å². The summed E-state index contributed by atoms with van der Waals surface area (Å²) >= 11 is 0. The lowest BCUT2D eigenvalue weighted by Crippen LogP contribution is -2.56. The molecule has 0 spiro atoms. The lowest BCUT2D eigenvalue weighted by molar-refractivity contribution is -0.130. The predicted molar refractivity (Wildman–Crippen MR) is 87.2 cm³/mol. The Morgan fingerprint density at radius 2 is 1.95 bits per heavy atom. The van der Waals surface area contributed by atoms with Gasteiger partial charge in [-0.15, -0.1) is 0 Å². The third kappa shape index (κ3) is 3.43. The molecular formula is C18H27NO3. The van der Waals surface area contributed by atoms with E-state index in [9.17, 15) is 4.79 Å². The number of benzene rings is 1. The van der Waals surface area contributed by atoms with E-state index in [2.05, 4.69) is 12.2 Å². The lowest BCUT2D eigenvalue weighted by Gasteiger charge is -2.45. The maximum Gasteiger partial charge on any atom is 0.220 e. The average molecular weight is 305 g/mol. The van der Waals surface area contributed by atoms with E-state index >= 15 is 0 Å². The van der Waals surface area contributed by atoms with E-state index in [4.69, 9.17) is 9.47 Å². The van der Waals surface area contributed by atoms with Crippen molar-refractivity contribution >= 4 is 5.91 Å². The van der Waals surface area contributed by atoms with Gasteiger partial charge in [0.15, 0.2) is 0 Å². The molecule has 4 nitrogen and oxygen atoms in total. The van der Waals surface area contributed by atoms with Crippen LogP contribution in [0.15, 0.2) is 24.3 Å². The molecule has 0 radical (unpaired) electrons. The normalized spacial score (nSPS) is 18.9. The van der Waals surface area contributed by atoms with Crippen molar-refractivity contribution in [2.75, 3.05) is 14.2 Å². The van der Waals surface area contributed by atoms with Crippen molar-refractivity contribution in [3.63, 3.8) is 0 Å². The molecule has 1 aromatic rings. The number of ether oxygens (including phenoxy) is 2. The van der Waals surface area contributed by atoms with Gasteiger partial charge >= 0.3 is 0 Å². The number of amides is 1. The topological polar surface area (TPSA) is 47.6 Å². The Labute approximate surface area is 133 Å². The minimum absolute atomic E-state index is 0.0450. The van der Waals surface area contributed by atoms with Crippen molar-refractivity contribution < 1.29 is 14.3 Å². The molecule has 0 bridgehead atoms. The summed E-state index contributed by atoms with van der Waals surface area (Å²) in [5.41, 5.74) is 0.904. The number of para-hydroxylation sites is 1. The van der Waals surface area contributed by atoms with Gasteiger partial charge in [-0.3, -0.25) is 4.79 Å². The highest BCUT2D eigenvalue weighted by Crippen LogP contribution is 2.38. The fourth-order valence-corrected chi connectivity index (χ4v) is 3.23. The van der Waals surface area contributed by atoms with Gasteiger partial charge in [-0.2, -0.15) is 0 Å². The van der Waals surface area contributed by atoms with Crippen LogP contribution in [0, 0.1) is 0 Å². The van der Waals surface area contributed by atoms with E-state index in [0.29, 0.717) is 6.42 Å². The first-order valence-corrected chi connectivity index (χ1v) is 8.00. The first kappa shape index (κ1) is 16.8. The van der Waals surface area contributed by atoms with Crippen LogP contribution >= 0.6 is 0 Å². The van der Waals surface area contributed by atoms with Crippen LogP contribution in [-0.4, -0.2) is 31.8 Å². The second-order valence-electron chi connectivity index (χ2n) is 6.26. The van der Waals surface area contributed by atoms with Crippen LogP contribution in [0.2, 0.25) is 0 Å². The molecule has 122 valence electrons. The Morgan fingerprint density at radius 1 is 1.27 bits per heavy atom. The summed E-state index contributed by atoms with van der Waals surface area (Å²) in [6.07, 6.45) is 3.66. The monoisotopic (exact) mass is 305 g/mol. The molecule has 1 saturated carbocycles. The van der Waals surface area contributed by atoms with E-state index in [1.807, 2.05) is 31.2 Å². The van der Waals surface area contributed by atoms with Crippen LogP contribution in [0.4, 0.5) is 0 Å². The Morgan fingerprint density at radius 3 is 2.50 bits per heavy atom. The molecule has 0 heterocycles. The number of carbonyl (C=O) groups is 1. The molecule has 1 N–H and O–H groups in total. The Kier molecular flexibility index (Phi) is 5.46. The molecule has 2 atom stereocenters. The Bertz CT molecular complexity index is 505. The number of carbonyl (C=O) groups excluding carboxylic acids is 1. The number of hydrogen-bond acceptors (Lipinski definition) is 3. The molecule has 1 aromatic carbocycles. The first-order valence-electron chi connectivity index (χ1n) is 8.00. The lowest BCUT2D eigenvalue weighted by atomic mass is 9.75. The van der Waals surface area contributed by atoms with E-state index in [1.165, 1.54) is 6.42 Å². The van der Waals surface area contributed by atoms with Gasteiger partial charge in [-0.1, -0.05) is 25.1 Å². The molecule has 0 aromatic heterocycles. The minimum atomic E-state index is -0.163. The fraction of sp³-hybridized carbons (Fsp3) is 0.611. The standard InChI is InChI=1S/C18H27NO3/c1-13(15-8-5-6-9-16(15)21-3)12-17(20)19-14(2)18(22-4)10-7-11-18/h5-6,8-9,13-14H,7,10-12H2,1-4H3,(H,19,20)/t13-,14+/m0/s1. The highest BCUT2D eigenvalue weighted by Gasteiger charge is 2.42. The number of rotatable bonds is 7. The number of methoxy groups -OCH3 is 2. The van der Waals surface area contributed by atoms with Crippen molar-refractivity contribution in [1.82, 2.24) is 5.32 Å². The molecule has 1 amide bonds. The molecule has 4 heteroatoms. The summed E-state index contributed by atoms with van der Waals surface area (Å²) in [5.74, 6) is 1.01. The van der Waals surface area contributed by atoms with Crippen LogP contribution in [0.25, 0.3) is 0 Å². The van der Waals surface area contributed by atoms with E-state index < -0.39 is 0 Å². The van der Waals surface area contributed by atoms with Crippen molar-refractivity contribution in [3.05, 3.63) is 29.8 Å². The van der Waals surface area contributed by atoms with E-state index in [0.717, 1.165) is 24.2 Å². The van der Waals surface area contributed by atoms with Gasteiger partial charge in [0.05, 0.1) is 18.8 Å². The highest BCUT2D eigenvalue weighted by molar-refractivity contribution is 5.77. The third-order valence-electron chi connectivity index (χ3n) is 4.93. The predicted octanol–water partition coefficient (Wildman–Crippen LogP) is 3.26. The molecule has 2 rings (SSSR count). The molecule has 1 aliphatic rings. The van der Waals surface area contributed by atoms with Crippen LogP contribution in [-0.2, 0) is 9.53 Å². The maximum atomic E-state index is 12.3. The Hall–Kier alpha value is -1.55. The smallest absolute Gasteiger partial charge is 0.220 e. The van der Waals surface area contributed by atoms with Crippen molar-refractivity contribution in [2.24, 2.45) is 0 Å². The fourth-order valence-electron chi connectivity index (χ4n) is 3.23. The zero-order chi connectivity index (χ0) is 16.2. The minimum Gasteiger partial charge on any atom is -0.496 e. The largest absolute Gasteiger partial charge is 0.496 e. The summed E-state index contributed by atoms with van der Waals surface area (Å²) in [6.45, 7) is 4.09. The van der Waals surface area contributed by atoms with Gasteiger partial charge in [0, 0.05) is 13.5 Å². The summed E-state index contributed by atoms with van der Waals surface area (Å²) in [5, 5.41) is 3.11. The maximum absolute atomic E-state index is 12.3. The zero-order valence-electron chi connectivity index (χ0n) is 14.0. The zero-order valence-corrected chi connectivity index (χ0v) is 14.0. The molecule has 1 fully saturated rings. The highest BCUT2D eigenvalue weighted by atomic mass is 16.5. The quantitative estimate of drug-likeness (QED) is 0.841. The first-order chi connectivity index (χ1) is 10.5. The molecule has 0 unspecified atom stereocenters. The molecular weight excluding hydrogens is 278 g/mol. The molecule has 22 heavy (non-hydrogen) atoms. The van der Waals surface area contributed by atoms with Crippen molar-refractivity contribution in [3.8, 4) is 5.75 Å². The van der Waals surface area contributed by atoms with E-state index in [1.54, 1.807) is 14.2 Å². The average Bonchev–Trinajstić information content (AvgIpc) is 2.46. The van der Waals surface area contributed by atoms with Crippen LogP contribution in [0.5, 0.6) is 5.75 Å². The van der Waals surface area contributed by atoms with Gasteiger partial charge in [-0.25, -0.2) is 0 Å². The molecule has 0 saturated heterocycles. The summed E-state index contributed by atoms with van der Waals surface area (Å²) < 4.78 is 11.0. The van der Waals surface area contributed by atoms with Crippen LogP contribution in [0.3, 0.4) is 0 Å². The van der Waals surface area contributed by atoms with Crippen LogP contribution < -0.4 is 10.1 Å². The number of hydrogen-bond donors (Lipinski definition) is 1. The Balaban J connectivity index is 1.94. The van der Waals surface area contributed by atoms with Crippen molar-refractivity contribution in [2.45, 2.75) is 57.1 Å². The summed E-state index contributed by atoms with van der Waals surface area (Å²) in [4.78, 5) is 12.3. The van der Waals surface area contributed by atoms with Crippen LogP contribution in [0.1, 0.15) is 51.0 Å². The SMILES string of the molecule is COc1ccccc1[C@@H](C)CC(=O)N[C@H](C)C1(OC)CCC1. The van der Waals surface area contributed by atoms with Gasteiger partial charge in [-0.05, 0) is 43.7 Å². The summed E-state index contributed by atoms with van der Waals surface area (Å²) in [7, 11) is 3.39. The number of nitrogens with one attached hydrogen (secondary N) is 1. The van der Waals surface area contributed by atoms with Crippen molar-refractivity contribution in [1.29, 1.82) is 0 Å². The van der Waals surface area contributed by atoms with E-state index in [-0.39, 0.29) is 23.5 Å². The van der Waals surface area contributed by atoms with Gasteiger partial charge < -0.3 is 14.8 Å². The van der Waals surface area contributed by atoms with Gasteiger partial charge in [0.1, 0.15) is 5.75 Å². The van der Waals surface area contributed by atoms with Gasteiger partial charge in [0.25, 0.3) is 0 Å². The molecule has 1 aliphatic carbocycles.